The normalized spacial score (nSPS) is 13.0. The van der Waals surface area contributed by atoms with E-state index >= 15 is 0 Å². The molecule has 0 saturated carbocycles. The topological polar surface area (TPSA) is 17.1 Å². The summed E-state index contributed by atoms with van der Waals surface area (Å²) in [5.41, 5.74) is 1.58. The van der Waals surface area contributed by atoms with Gasteiger partial charge in [0.15, 0.2) is 0 Å². The Morgan fingerprint density at radius 2 is 1.60 bits per heavy atom. The van der Waals surface area contributed by atoms with Gasteiger partial charge in [0.2, 0.25) is 0 Å². The second kappa shape index (κ2) is 5.49. The van der Waals surface area contributed by atoms with Crippen molar-refractivity contribution in [3.8, 4) is 11.1 Å². The second-order valence-electron chi connectivity index (χ2n) is 4.59. The van der Waals surface area contributed by atoms with Crippen LogP contribution in [0.5, 0.6) is 0 Å². The SMILES string of the molecule is CC(C=O)c1ccccc1-c1ccc(C(F)(F)F)cc1. The molecule has 1 unspecified atom stereocenters. The maximum absolute atomic E-state index is 12.5. The number of carbonyl (C=O) groups excluding carboxylic acids is 1. The van der Waals surface area contributed by atoms with Crippen molar-refractivity contribution in [2.75, 3.05) is 0 Å². The Morgan fingerprint density at radius 3 is 2.15 bits per heavy atom. The van der Waals surface area contributed by atoms with E-state index in [1.807, 2.05) is 12.1 Å². The Morgan fingerprint density at radius 1 is 1.00 bits per heavy atom. The zero-order valence-electron chi connectivity index (χ0n) is 10.8. The molecule has 0 aromatic heterocycles. The molecule has 4 heteroatoms. The van der Waals surface area contributed by atoms with E-state index in [0.29, 0.717) is 5.56 Å². The molecule has 0 N–H and O–H groups in total. The molecular formula is C16H13F3O. The van der Waals surface area contributed by atoms with Gasteiger partial charge in [-0.3, -0.25) is 0 Å². The number of hydrogen-bond acceptors (Lipinski definition) is 1. The maximum atomic E-state index is 12.5. The highest BCUT2D eigenvalue weighted by atomic mass is 19.4. The molecule has 0 bridgehead atoms. The Balaban J connectivity index is 2.45. The van der Waals surface area contributed by atoms with Gasteiger partial charge in [0.1, 0.15) is 6.29 Å². The van der Waals surface area contributed by atoms with Gasteiger partial charge in [-0.25, -0.2) is 0 Å². The van der Waals surface area contributed by atoms with Crippen molar-refractivity contribution < 1.29 is 18.0 Å². The highest BCUT2D eigenvalue weighted by molar-refractivity contribution is 5.74. The first-order valence-electron chi connectivity index (χ1n) is 6.15. The summed E-state index contributed by atoms with van der Waals surface area (Å²) in [5, 5.41) is 0. The Labute approximate surface area is 115 Å². The summed E-state index contributed by atoms with van der Waals surface area (Å²) in [6.45, 7) is 1.76. The molecule has 1 nitrogen and oxygen atoms in total. The van der Waals surface area contributed by atoms with Crippen LogP contribution < -0.4 is 0 Å². The lowest BCUT2D eigenvalue weighted by atomic mass is 9.92. The number of hydrogen-bond donors (Lipinski definition) is 0. The van der Waals surface area contributed by atoms with Crippen molar-refractivity contribution in [3.63, 3.8) is 0 Å². The predicted octanol–water partition coefficient (Wildman–Crippen LogP) is 4.67. The molecule has 1 atom stereocenters. The van der Waals surface area contributed by atoms with E-state index in [1.165, 1.54) is 12.1 Å². The third kappa shape index (κ3) is 2.90. The van der Waals surface area contributed by atoms with Crippen LogP contribution in [0.1, 0.15) is 24.0 Å². The molecule has 0 fully saturated rings. The van der Waals surface area contributed by atoms with Gasteiger partial charge >= 0.3 is 6.18 Å². The van der Waals surface area contributed by atoms with Gasteiger partial charge in [-0.2, -0.15) is 13.2 Å². The van der Waals surface area contributed by atoms with Gasteiger partial charge in [-0.05, 0) is 28.8 Å². The van der Waals surface area contributed by atoms with Gasteiger partial charge < -0.3 is 4.79 Å². The van der Waals surface area contributed by atoms with E-state index in [4.69, 9.17) is 0 Å². The maximum Gasteiger partial charge on any atom is 0.416 e. The van der Waals surface area contributed by atoms with Crippen LogP contribution in [0.25, 0.3) is 11.1 Å². The number of aldehydes is 1. The molecular weight excluding hydrogens is 265 g/mol. The number of alkyl halides is 3. The summed E-state index contributed by atoms with van der Waals surface area (Å²) in [6, 6.07) is 12.2. The molecule has 104 valence electrons. The molecule has 0 saturated heterocycles. The Bertz CT molecular complexity index is 600. The van der Waals surface area contributed by atoms with E-state index < -0.39 is 11.7 Å². The quantitative estimate of drug-likeness (QED) is 0.745. The van der Waals surface area contributed by atoms with Gasteiger partial charge in [-0.1, -0.05) is 43.3 Å². The minimum atomic E-state index is -4.34. The minimum absolute atomic E-state index is 0.298. The van der Waals surface area contributed by atoms with Gasteiger partial charge in [0.05, 0.1) is 5.56 Å². The third-order valence-corrected chi connectivity index (χ3v) is 3.18. The molecule has 0 radical (unpaired) electrons. The predicted molar refractivity (Wildman–Crippen MR) is 71.4 cm³/mol. The van der Waals surface area contributed by atoms with E-state index in [9.17, 15) is 18.0 Å². The second-order valence-corrected chi connectivity index (χ2v) is 4.59. The average molecular weight is 278 g/mol. The van der Waals surface area contributed by atoms with Crippen LogP contribution in [0.3, 0.4) is 0 Å². The van der Waals surface area contributed by atoms with Crippen LogP contribution >= 0.6 is 0 Å². The smallest absolute Gasteiger partial charge is 0.303 e. The van der Waals surface area contributed by atoms with E-state index in [2.05, 4.69) is 0 Å². The number of halogens is 3. The van der Waals surface area contributed by atoms with E-state index in [-0.39, 0.29) is 5.92 Å². The van der Waals surface area contributed by atoms with Crippen molar-refractivity contribution >= 4 is 6.29 Å². The zero-order chi connectivity index (χ0) is 14.8. The molecule has 0 aliphatic heterocycles. The summed E-state index contributed by atoms with van der Waals surface area (Å²) in [4.78, 5) is 10.9. The van der Waals surface area contributed by atoms with Crippen LogP contribution in [0.15, 0.2) is 48.5 Å². The minimum Gasteiger partial charge on any atom is -0.303 e. The van der Waals surface area contributed by atoms with Crippen molar-refractivity contribution in [1.82, 2.24) is 0 Å². The Kier molecular flexibility index (Phi) is 3.93. The third-order valence-electron chi connectivity index (χ3n) is 3.18. The molecule has 2 aromatic rings. The average Bonchev–Trinajstić information content (AvgIpc) is 2.45. The first-order chi connectivity index (χ1) is 9.43. The molecule has 20 heavy (non-hydrogen) atoms. The van der Waals surface area contributed by atoms with Crippen molar-refractivity contribution in [2.45, 2.75) is 19.0 Å². The largest absolute Gasteiger partial charge is 0.416 e. The summed E-state index contributed by atoms with van der Waals surface area (Å²) < 4.78 is 37.6. The highest BCUT2D eigenvalue weighted by Crippen LogP contribution is 2.33. The van der Waals surface area contributed by atoms with Crippen LogP contribution in [0, 0.1) is 0 Å². The molecule has 0 aliphatic rings. The van der Waals surface area contributed by atoms with Crippen LogP contribution in [-0.4, -0.2) is 6.29 Å². The first kappa shape index (κ1) is 14.3. The van der Waals surface area contributed by atoms with Crippen LogP contribution in [0.2, 0.25) is 0 Å². The number of carbonyl (C=O) groups is 1. The molecule has 0 aliphatic carbocycles. The van der Waals surface area contributed by atoms with Crippen molar-refractivity contribution in [2.24, 2.45) is 0 Å². The van der Waals surface area contributed by atoms with Crippen molar-refractivity contribution in [1.29, 1.82) is 0 Å². The monoisotopic (exact) mass is 278 g/mol. The van der Waals surface area contributed by atoms with Gasteiger partial charge in [-0.15, -0.1) is 0 Å². The molecule has 0 heterocycles. The lowest BCUT2D eigenvalue weighted by molar-refractivity contribution is -0.137. The first-order valence-corrected chi connectivity index (χ1v) is 6.15. The fourth-order valence-corrected chi connectivity index (χ4v) is 2.07. The fraction of sp³-hybridized carbons (Fsp3) is 0.188. The number of rotatable bonds is 3. The summed E-state index contributed by atoms with van der Waals surface area (Å²) in [6.07, 6.45) is -3.52. The van der Waals surface area contributed by atoms with Gasteiger partial charge in [0, 0.05) is 5.92 Å². The van der Waals surface area contributed by atoms with Crippen LogP contribution in [-0.2, 0) is 11.0 Å². The van der Waals surface area contributed by atoms with Crippen molar-refractivity contribution in [3.05, 3.63) is 59.7 Å². The molecule has 0 spiro atoms. The lowest BCUT2D eigenvalue weighted by Crippen LogP contribution is -2.04. The zero-order valence-corrected chi connectivity index (χ0v) is 10.8. The molecule has 2 aromatic carbocycles. The molecule has 0 amide bonds. The number of benzene rings is 2. The standard InChI is InChI=1S/C16H13F3O/c1-11(10-20)14-4-2-3-5-15(14)12-6-8-13(9-7-12)16(17,18)19/h2-11H,1H3. The highest BCUT2D eigenvalue weighted by Gasteiger charge is 2.30. The summed E-state index contributed by atoms with van der Waals surface area (Å²) >= 11 is 0. The fourth-order valence-electron chi connectivity index (χ4n) is 2.07. The summed E-state index contributed by atoms with van der Waals surface area (Å²) in [7, 11) is 0. The van der Waals surface area contributed by atoms with Gasteiger partial charge in [0.25, 0.3) is 0 Å². The lowest BCUT2D eigenvalue weighted by Gasteiger charge is -2.13. The van der Waals surface area contributed by atoms with Crippen LogP contribution in [0.4, 0.5) is 13.2 Å². The summed E-state index contributed by atoms with van der Waals surface area (Å²) in [5.74, 6) is -0.298. The van der Waals surface area contributed by atoms with E-state index in [1.54, 1.807) is 19.1 Å². The van der Waals surface area contributed by atoms with E-state index in [0.717, 1.165) is 29.5 Å². The molecule has 2 rings (SSSR count). The Hall–Kier alpha value is -2.10.